The zero-order valence-corrected chi connectivity index (χ0v) is 10.9. The van der Waals surface area contributed by atoms with Gasteiger partial charge in [-0.15, -0.1) is 0 Å². The van der Waals surface area contributed by atoms with Gasteiger partial charge >= 0.3 is 7.12 Å². The van der Waals surface area contributed by atoms with Crippen LogP contribution in [0.5, 0.6) is 0 Å². The largest absolute Gasteiger partial charge is 0.514 e. The van der Waals surface area contributed by atoms with Crippen molar-refractivity contribution in [2.24, 2.45) is 7.05 Å². The van der Waals surface area contributed by atoms with Crippen LogP contribution in [0.1, 0.15) is 33.5 Å². The second-order valence-corrected chi connectivity index (χ2v) is 5.38. The average molecular weight is 222 g/mol. The lowest BCUT2D eigenvalue weighted by Gasteiger charge is -2.32. The Bertz CT molecular complexity index is 396. The van der Waals surface area contributed by atoms with Crippen LogP contribution in [0.15, 0.2) is 6.20 Å². The van der Waals surface area contributed by atoms with Gasteiger partial charge in [-0.25, -0.2) is 4.98 Å². The predicted octanol–water partition coefficient (Wildman–Crippen LogP) is 1.03. The van der Waals surface area contributed by atoms with Crippen molar-refractivity contribution in [3.63, 3.8) is 0 Å². The molecule has 0 amide bonds. The lowest BCUT2D eigenvalue weighted by atomic mass is 9.85. The molecular weight excluding hydrogens is 203 g/mol. The van der Waals surface area contributed by atoms with Crippen molar-refractivity contribution in [2.45, 2.75) is 45.8 Å². The molecule has 1 saturated heterocycles. The molecule has 16 heavy (non-hydrogen) atoms. The van der Waals surface area contributed by atoms with E-state index in [9.17, 15) is 0 Å². The molecule has 0 bridgehead atoms. The molecule has 1 aromatic rings. The smallest absolute Gasteiger partial charge is 0.398 e. The third kappa shape index (κ3) is 1.58. The topological polar surface area (TPSA) is 36.3 Å². The second-order valence-electron chi connectivity index (χ2n) is 5.38. The van der Waals surface area contributed by atoms with Gasteiger partial charge in [0.15, 0.2) is 0 Å². The maximum Gasteiger partial charge on any atom is 0.514 e. The summed E-state index contributed by atoms with van der Waals surface area (Å²) in [6.45, 7) is 10.2. The van der Waals surface area contributed by atoms with Crippen LogP contribution >= 0.6 is 0 Å². The van der Waals surface area contributed by atoms with Crippen LogP contribution in [0.25, 0.3) is 0 Å². The Morgan fingerprint density at radius 2 is 1.69 bits per heavy atom. The highest BCUT2D eigenvalue weighted by atomic mass is 16.7. The van der Waals surface area contributed by atoms with Crippen LogP contribution in [-0.4, -0.2) is 27.9 Å². The average Bonchev–Trinajstić information content (AvgIpc) is 2.54. The van der Waals surface area contributed by atoms with Gasteiger partial charge in [-0.2, -0.15) is 0 Å². The SMILES string of the molecule is Cc1ncc(B2OC(C)(C)C(C)(C)O2)n1C. The molecule has 0 spiro atoms. The summed E-state index contributed by atoms with van der Waals surface area (Å²) in [5.74, 6) is 0.963. The molecule has 1 fully saturated rings. The Hall–Kier alpha value is -0.805. The second kappa shape index (κ2) is 3.34. The minimum atomic E-state index is -0.323. The summed E-state index contributed by atoms with van der Waals surface area (Å²) in [5.41, 5.74) is 0.377. The van der Waals surface area contributed by atoms with Crippen molar-refractivity contribution in [2.75, 3.05) is 0 Å². The van der Waals surface area contributed by atoms with Crippen LogP contribution in [0, 0.1) is 6.92 Å². The lowest BCUT2D eigenvalue weighted by molar-refractivity contribution is 0.00578. The molecule has 88 valence electrons. The number of hydrogen-bond acceptors (Lipinski definition) is 3. The Kier molecular flexibility index (Phi) is 2.44. The highest BCUT2D eigenvalue weighted by Crippen LogP contribution is 2.36. The first-order chi connectivity index (χ1) is 7.24. The first-order valence-corrected chi connectivity index (χ1v) is 5.58. The van der Waals surface area contributed by atoms with Gasteiger partial charge in [0.05, 0.1) is 16.8 Å². The molecule has 5 heteroatoms. The van der Waals surface area contributed by atoms with Gasteiger partial charge in [0.1, 0.15) is 5.82 Å². The van der Waals surface area contributed by atoms with Crippen LogP contribution in [-0.2, 0) is 16.4 Å². The molecule has 1 aromatic heterocycles. The zero-order chi connectivity index (χ0) is 12.1. The zero-order valence-electron chi connectivity index (χ0n) is 10.9. The summed E-state index contributed by atoms with van der Waals surface area (Å²) >= 11 is 0. The molecule has 0 radical (unpaired) electrons. The quantitative estimate of drug-likeness (QED) is 0.666. The van der Waals surface area contributed by atoms with Gasteiger partial charge in [0.2, 0.25) is 0 Å². The van der Waals surface area contributed by atoms with E-state index in [2.05, 4.69) is 32.7 Å². The first kappa shape index (κ1) is 11.7. The molecule has 0 aromatic carbocycles. The number of hydrogen-bond donors (Lipinski definition) is 0. The Morgan fingerprint density at radius 3 is 2.06 bits per heavy atom. The van der Waals surface area contributed by atoms with Crippen LogP contribution in [0.3, 0.4) is 0 Å². The lowest BCUT2D eigenvalue weighted by Crippen LogP contribution is -2.41. The molecule has 0 unspecified atom stereocenters. The highest BCUT2D eigenvalue weighted by molar-refractivity contribution is 6.61. The fourth-order valence-electron chi connectivity index (χ4n) is 1.70. The first-order valence-electron chi connectivity index (χ1n) is 5.58. The number of nitrogens with zero attached hydrogens (tertiary/aromatic N) is 2. The number of aromatic nitrogens is 2. The molecular formula is C11H19BN2O2. The van der Waals surface area contributed by atoms with Crippen molar-refractivity contribution in [3.8, 4) is 0 Å². The molecule has 1 aliphatic rings. The Morgan fingerprint density at radius 1 is 1.19 bits per heavy atom. The van der Waals surface area contributed by atoms with Gasteiger partial charge in [-0.3, -0.25) is 0 Å². The standard InChI is InChI=1S/C11H19BN2O2/c1-8-13-7-9(14(8)6)12-15-10(2,3)11(4,5)16-12/h7H,1-6H3. The van der Waals surface area contributed by atoms with Crippen molar-refractivity contribution >= 4 is 12.7 Å². The normalized spacial score (nSPS) is 22.8. The number of imidazole rings is 1. The van der Waals surface area contributed by atoms with E-state index < -0.39 is 0 Å². The van der Waals surface area contributed by atoms with Crippen molar-refractivity contribution in [3.05, 3.63) is 12.0 Å². The van der Waals surface area contributed by atoms with Gasteiger partial charge in [0.25, 0.3) is 0 Å². The Labute approximate surface area is 97.1 Å². The highest BCUT2D eigenvalue weighted by Gasteiger charge is 2.52. The van der Waals surface area contributed by atoms with E-state index in [-0.39, 0.29) is 18.3 Å². The summed E-state index contributed by atoms with van der Waals surface area (Å²) in [6, 6.07) is 0. The van der Waals surface area contributed by atoms with E-state index in [0.717, 1.165) is 11.4 Å². The van der Waals surface area contributed by atoms with Crippen LogP contribution < -0.4 is 5.59 Å². The summed E-state index contributed by atoms with van der Waals surface area (Å²) < 4.78 is 13.9. The maximum absolute atomic E-state index is 5.96. The number of rotatable bonds is 1. The molecule has 0 aliphatic carbocycles. The van der Waals surface area contributed by atoms with E-state index in [1.54, 1.807) is 0 Å². The molecule has 0 atom stereocenters. The van der Waals surface area contributed by atoms with E-state index in [0.29, 0.717) is 0 Å². The fraction of sp³-hybridized carbons (Fsp3) is 0.727. The molecule has 2 rings (SSSR count). The van der Waals surface area contributed by atoms with Gasteiger partial charge < -0.3 is 13.9 Å². The van der Waals surface area contributed by atoms with E-state index >= 15 is 0 Å². The molecule has 4 nitrogen and oxygen atoms in total. The van der Waals surface area contributed by atoms with E-state index in [4.69, 9.17) is 9.31 Å². The van der Waals surface area contributed by atoms with E-state index in [1.165, 1.54) is 0 Å². The van der Waals surface area contributed by atoms with E-state index in [1.807, 2.05) is 24.7 Å². The van der Waals surface area contributed by atoms with Crippen LogP contribution in [0.2, 0.25) is 0 Å². The van der Waals surface area contributed by atoms with Gasteiger partial charge in [-0.05, 0) is 34.6 Å². The monoisotopic (exact) mass is 222 g/mol. The minimum absolute atomic E-state index is 0.296. The van der Waals surface area contributed by atoms with Crippen LogP contribution in [0.4, 0.5) is 0 Å². The minimum Gasteiger partial charge on any atom is -0.398 e. The maximum atomic E-state index is 5.96. The third-order valence-corrected chi connectivity index (χ3v) is 3.75. The summed E-state index contributed by atoms with van der Waals surface area (Å²) in [7, 11) is 1.65. The van der Waals surface area contributed by atoms with Gasteiger partial charge in [-0.1, -0.05) is 0 Å². The summed E-state index contributed by atoms with van der Waals surface area (Å²) in [5, 5.41) is 0. The Balaban J connectivity index is 2.30. The van der Waals surface area contributed by atoms with Crippen molar-refractivity contribution in [1.82, 2.24) is 9.55 Å². The third-order valence-electron chi connectivity index (χ3n) is 3.75. The molecule has 1 aliphatic heterocycles. The summed E-state index contributed by atoms with van der Waals surface area (Å²) in [4.78, 5) is 4.26. The number of aryl methyl sites for hydroxylation is 1. The molecule has 0 saturated carbocycles. The molecule has 2 heterocycles. The van der Waals surface area contributed by atoms with Crippen molar-refractivity contribution < 1.29 is 9.31 Å². The predicted molar refractivity (Wildman–Crippen MR) is 63.7 cm³/mol. The van der Waals surface area contributed by atoms with Crippen molar-refractivity contribution in [1.29, 1.82) is 0 Å². The fourth-order valence-corrected chi connectivity index (χ4v) is 1.70. The molecule has 0 N–H and O–H groups in total. The summed E-state index contributed by atoms with van der Waals surface area (Å²) in [6.07, 6.45) is 1.82. The van der Waals surface area contributed by atoms with Gasteiger partial charge in [0, 0.05) is 13.2 Å².